The summed E-state index contributed by atoms with van der Waals surface area (Å²) in [6.07, 6.45) is 7.77. The molecule has 18 heavy (non-hydrogen) atoms. The summed E-state index contributed by atoms with van der Waals surface area (Å²) < 4.78 is 0. The standard InChI is InChI=1S/C15H27NO2/c1-6-8-11(3)12(4)9-10-15(18)16-13(5)14(17)7-2/h6,8-14,17H,7H2,1-5H3,(H,16,18)/b8-6+,10-9+. The van der Waals surface area contributed by atoms with E-state index < -0.39 is 6.10 Å². The summed E-state index contributed by atoms with van der Waals surface area (Å²) in [5, 5.41) is 12.3. The zero-order valence-electron chi connectivity index (χ0n) is 12.2. The zero-order chi connectivity index (χ0) is 14.1. The summed E-state index contributed by atoms with van der Waals surface area (Å²) in [6, 6.07) is -0.213. The molecule has 0 bridgehead atoms. The van der Waals surface area contributed by atoms with Crippen molar-refractivity contribution in [1.29, 1.82) is 0 Å². The van der Waals surface area contributed by atoms with Crippen LogP contribution < -0.4 is 5.32 Å². The summed E-state index contributed by atoms with van der Waals surface area (Å²) in [4.78, 5) is 11.6. The van der Waals surface area contributed by atoms with E-state index in [0.717, 1.165) is 0 Å². The van der Waals surface area contributed by atoms with Gasteiger partial charge in [0.2, 0.25) is 5.91 Å². The minimum atomic E-state index is -0.485. The fourth-order valence-electron chi connectivity index (χ4n) is 1.62. The molecule has 3 heteroatoms. The monoisotopic (exact) mass is 253 g/mol. The Kier molecular flexibility index (Phi) is 8.38. The SMILES string of the molecule is C/C=C/C(C)C(C)/C=C/C(=O)NC(C)C(O)CC. The molecule has 0 heterocycles. The Hall–Kier alpha value is -1.09. The van der Waals surface area contributed by atoms with E-state index in [9.17, 15) is 9.90 Å². The molecule has 0 spiro atoms. The van der Waals surface area contributed by atoms with Crippen molar-refractivity contribution in [3.8, 4) is 0 Å². The molecule has 0 saturated carbocycles. The molecule has 0 aliphatic rings. The van der Waals surface area contributed by atoms with Crippen LogP contribution in [0.5, 0.6) is 0 Å². The van der Waals surface area contributed by atoms with Crippen LogP contribution in [0.15, 0.2) is 24.3 Å². The lowest BCUT2D eigenvalue weighted by Gasteiger charge is -2.18. The Labute approximate surface area is 111 Å². The third kappa shape index (κ3) is 6.60. The van der Waals surface area contributed by atoms with Gasteiger partial charge in [0.15, 0.2) is 0 Å². The van der Waals surface area contributed by atoms with Crippen LogP contribution in [-0.2, 0) is 4.79 Å². The van der Waals surface area contributed by atoms with Gasteiger partial charge in [0.1, 0.15) is 0 Å². The minimum absolute atomic E-state index is 0.144. The summed E-state index contributed by atoms with van der Waals surface area (Å²) >= 11 is 0. The molecule has 0 aromatic rings. The van der Waals surface area contributed by atoms with Crippen LogP contribution in [-0.4, -0.2) is 23.2 Å². The second-order valence-electron chi connectivity index (χ2n) is 4.88. The number of allylic oxidation sites excluding steroid dienone is 3. The van der Waals surface area contributed by atoms with Crippen LogP contribution in [0, 0.1) is 11.8 Å². The molecule has 0 aliphatic heterocycles. The van der Waals surface area contributed by atoms with Gasteiger partial charge in [-0.25, -0.2) is 0 Å². The molecule has 0 fully saturated rings. The number of amides is 1. The number of carbonyl (C=O) groups excluding carboxylic acids is 1. The third-order valence-electron chi connectivity index (χ3n) is 3.24. The van der Waals surface area contributed by atoms with Crippen molar-refractivity contribution >= 4 is 5.91 Å². The lowest BCUT2D eigenvalue weighted by atomic mass is 9.95. The van der Waals surface area contributed by atoms with Crippen molar-refractivity contribution in [3.63, 3.8) is 0 Å². The molecule has 0 aliphatic carbocycles. The zero-order valence-corrected chi connectivity index (χ0v) is 12.2. The van der Waals surface area contributed by atoms with E-state index in [1.807, 2.05) is 32.9 Å². The summed E-state index contributed by atoms with van der Waals surface area (Å²) in [7, 11) is 0. The molecule has 0 saturated heterocycles. The molecule has 0 aromatic heterocycles. The lowest BCUT2D eigenvalue weighted by Crippen LogP contribution is -2.40. The molecule has 2 N–H and O–H groups in total. The van der Waals surface area contributed by atoms with Gasteiger partial charge < -0.3 is 10.4 Å². The topological polar surface area (TPSA) is 49.3 Å². The second kappa shape index (κ2) is 8.92. The highest BCUT2D eigenvalue weighted by atomic mass is 16.3. The summed E-state index contributed by atoms with van der Waals surface area (Å²) in [5.41, 5.74) is 0. The molecule has 4 atom stereocenters. The van der Waals surface area contributed by atoms with Gasteiger partial charge in [-0.1, -0.05) is 39.0 Å². The number of aliphatic hydroxyl groups excluding tert-OH is 1. The highest BCUT2D eigenvalue weighted by Gasteiger charge is 2.13. The van der Waals surface area contributed by atoms with Gasteiger partial charge in [-0.2, -0.15) is 0 Å². The average Bonchev–Trinajstić information content (AvgIpc) is 2.34. The molecule has 1 amide bonds. The number of hydrogen-bond donors (Lipinski definition) is 2. The second-order valence-corrected chi connectivity index (χ2v) is 4.88. The predicted octanol–water partition coefficient (Wildman–Crippen LogP) is 2.67. The minimum Gasteiger partial charge on any atom is -0.391 e. The molecule has 0 radical (unpaired) electrons. The van der Waals surface area contributed by atoms with E-state index in [0.29, 0.717) is 18.3 Å². The van der Waals surface area contributed by atoms with Gasteiger partial charge in [-0.15, -0.1) is 0 Å². The van der Waals surface area contributed by atoms with E-state index in [2.05, 4.69) is 25.2 Å². The van der Waals surface area contributed by atoms with Crippen LogP contribution in [0.25, 0.3) is 0 Å². The fourth-order valence-corrected chi connectivity index (χ4v) is 1.62. The Bertz CT molecular complexity index is 297. The maximum Gasteiger partial charge on any atom is 0.243 e. The van der Waals surface area contributed by atoms with Crippen molar-refractivity contribution in [2.45, 2.75) is 53.2 Å². The van der Waals surface area contributed by atoms with Crippen LogP contribution >= 0.6 is 0 Å². The molecule has 0 aromatic carbocycles. The largest absolute Gasteiger partial charge is 0.391 e. The summed E-state index contributed by atoms with van der Waals surface area (Å²) in [6.45, 7) is 9.90. The number of aliphatic hydroxyl groups is 1. The third-order valence-corrected chi connectivity index (χ3v) is 3.24. The van der Waals surface area contributed by atoms with Gasteiger partial charge in [0, 0.05) is 0 Å². The van der Waals surface area contributed by atoms with E-state index in [1.165, 1.54) is 0 Å². The first-order chi connectivity index (χ1) is 8.42. The first-order valence-electron chi connectivity index (χ1n) is 6.71. The van der Waals surface area contributed by atoms with Crippen molar-refractivity contribution in [2.75, 3.05) is 0 Å². The number of nitrogens with one attached hydrogen (secondary N) is 1. The fraction of sp³-hybridized carbons (Fsp3) is 0.667. The Morgan fingerprint density at radius 2 is 1.78 bits per heavy atom. The van der Waals surface area contributed by atoms with Crippen LogP contribution in [0.1, 0.15) is 41.0 Å². The van der Waals surface area contributed by atoms with Gasteiger partial charge in [-0.3, -0.25) is 4.79 Å². The number of hydrogen-bond acceptors (Lipinski definition) is 2. The van der Waals surface area contributed by atoms with Crippen LogP contribution in [0.3, 0.4) is 0 Å². The van der Waals surface area contributed by atoms with Gasteiger partial charge in [-0.05, 0) is 38.2 Å². The number of rotatable bonds is 7. The lowest BCUT2D eigenvalue weighted by molar-refractivity contribution is -0.117. The average molecular weight is 253 g/mol. The smallest absolute Gasteiger partial charge is 0.243 e. The van der Waals surface area contributed by atoms with E-state index in [4.69, 9.17) is 0 Å². The van der Waals surface area contributed by atoms with Gasteiger partial charge >= 0.3 is 0 Å². The predicted molar refractivity (Wildman–Crippen MR) is 76.2 cm³/mol. The number of carbonyl (C=O) groups is 1. The normalized spacial score (nSPS) is 18.8. The quantitative estimate of drug-likeness (QED) is 0.541. The van der Waals surface area contributed by atoms with Crippen LogP contribution in [0.2, 0.25) is 0 Å². The first kappa shape index (κ1) is 16.9. The van der Waals surface area contributed by atoms with Crippen LogP contribution in [0.4, 0.5) is 0 Å². The van der Waals surface area contributed by atoms with Crippen molar-refractivity contribution < 1.29 is 9.90 Å². The van der Waals surface area contributed by atoms with E-state index >= 15 is 0 Å². The van der Waals surface area contributed by atoms with Gasteiger partial charge in [0.25, 0.3) is 0 Å². The van der Waals surface area contributed by atoms with Crippen molar-refractivity contribution in [3.05, 3.63) is 24.3 Å². The Balaban J connectivity index is 4.23. The Morgan fingerprint density at radius 3 is 2.28 bits per heavy atom. The molecule has 0 rings (SSSR count). The molecule has 3 nitrogen and oxygen atoms in total. The molecule has 104 valence electrons. The molecular weight excluding hydrogens is 226 g/mol. The molecule has 4 unspecified atom stereocenters. The van der Waals surface area contributed by atoms with E-state index in [-0.39, 0.29) is 11.9 Å². The molecular formula is C15H27NO2. The van der Waals surface area contributed by atoms with Crippen molar-refractivity contribution in [2.24, 2.45) is 11.8 Å². The highest BCUT2D eigenvalue weighted by Crippen LogP contribution is 2.13. The van der Waals surface area contributed by atoms with Crippen molar-refractivity contribution in [1.82, 2.24) is 5.32 Å². The van der Waals surface area contributed by atoms with E-state index in [1.54, 1.807) is 6.08 Å². The first-order valence-corrected chi connectivity index (χ1v) is 6.71. The van der Waals surface area contributed by atoms with Gasteiger partial charge in [0.05, 0.1) is 12.1 Å². The maximum absolute atomic E-state index is 11.6. The Morgan fingerprint density at radius 1 is 1.22 bits per heavy atom. The summed E-state index contributed by atoms with van der Waals surface area (Å²) in [5.74, 6) is 0.589. The highest BCUT2D eigenvalue weighted by molar-refractivity contribution is 5.87. The maximum atomic E-state index is 11.6.